The van der Waals surface area contributed by atoms with Crippen LogP contribution in [0, 0.1) is 5.82 Å². The highest BCUT2D eigenvalue weighted by Crippen LogP contribution is 2.22. The van der Waals surface area contributed by atoms with E-state index >= 15 is 0 Å². The van der Waals surface area contributed by atoms with E-state index in [0.29, 0.717) is 18.9 Å². The van der Waals surface area contributed by atoms with E-state index in [1.54, 1.807) is 12.1 Å². The summed E-state index contributed by atoms with van der Waals surface area (Å²) in [5, 5.41) is 12.4. The van der Waals surface area contributed by atoms with Gasteiger partial charge in [-0.05, 0) is 18.2 Å². The van der Waals surface area contributed by atoms with Gasteiger partial charge in [0.15, 0.2) is 0 Å². The molecule has 1 saturated heterocycles. The highest BCUT2D eigenvalue weighted by atomic mass is 79.9. The first-order valence-corrected chi connectivity index (χ1v) is 5.43. The third kappa shape index (κ3) is 2.48. The molecule has 2 N–H and O–H groups in total. The van der Waals surface area contributed by atoms with Crippen LogP contribution in [0.15, 0.2) is 22.7 Å². The molecule has 0 aliphatic carbocycles. The van der Waals surface area contributed by atoms with Gasteiger partial charge in [0, 0.05) is 4.47 Å². The Balaban J connectivity index is 2.12. The molecule has 3 nitrogen and oxygen atoms in total. The van der Waals surface area contributed by atoms with Gasteiger partial charge in [-0.2, -0.15) is 0 Å². The molecule has 0 saturated carbocycles. The largest absolute Gasteiger partial charge is 0.388 e. The second kappa shape index (κ2) is 4.47. The van der Waals surface area contributed by atoms with Crippen LogP contribution in [0.1, 0.15) is 0 Å². The summed E-state index contributed by atoms with van der Waals surface area (Å²) in [5.74, 6) is -0.336. The number of aliphatic hydroxyl groups is 1. The zero-order valence-electron chi connectivity index (χ0n) is 7.91. The molecule has 5 heteroatoms. The normalized spacial score (nSPS) is 25.5. The van der Waals surface area contributed by atoms with Crippen molar-refractivity contribution in [2.24, 2.45) is 0 Å². The van der Waals surface area contributed by atoms with Crippen LogP contribution in [0.25, 0.3) is 0 Å². The van der Waals surface area contributed by atoms with Crippen LogP contribution in [0.2, 0.25) is 0 Å². The Hall–Kier alpha value is -0.650. The highest BCUT2D eigenvalue weighted by Gasteiger charge is 2.26. The van der Waals surface area contributed by atoms with Crippen LogP contribution in [0.5, 0.6) is 0 Å². The topological polar surface area (TPSA) is 41.5 Å². The summed E-state index contributed by atoms with van der Waals surface area (Å²) in [5.41, 5.74) is 0.374. The molecule has 82 valence electrons. The molecule has 2 rings (SSSR count). The molecule has 1 fully saturated rings. The average Bonchev–Trinajstić information content (AvgIpc) is 2.58. The fourth-order valence-electron chi connectivity index (χ4n) is 1.49. The van der Waals surface area contributed by atoms with Crippen LogP contribution in [-0.4, -0.2) is 30.5 Å². The maximum atomic E-state index is 13.3. The van der Waals surface area contributed by atoms with Crippen molar-refractivity contribution in [1.82, 2.24) is 0 Å². The minimum Gasteiger partial charge on any atom is -0.388 e. The van der Waals surface area contributed by atoms with E-state index in [9.17, 15) is 9.50 Å². The lowest BCUT2D eigenvalue weighted by atomic mass is 10.2. The van der Waals surface area contributed by atoms with Gasteiger partial charge >= 0.3 is 0 Å². The Bertz CT molecular complexity index is 361. The highest BCUT2D eigenvalue weighted by molar-refractivity contribution is 9.10. The van der Waals surface area contributed by atoms with Crippen molar-refractivity contribution in [3.8, 4) is 0 Å². The summed E-state index contributed by atoms with van der Waals surface area (Å²) in [6.45, 7) is 0.695. The number of rotatable bonds is 2. The van der Waals surface area contributed by atoms with E-state index in [2.05, 4.69) is 21.2 Å². The maximum absolute atomic E-state index is 13.3. The number of benzene rings is 1. The van der Waals surface area contributed by atoms with Gasteiger partial charge in [0.05, 0.1) is 31.0 Å². The van der Waals surface area contributed by atoms with Gasteiger partial charge in [0.25, 0.3) is 0 Å². The van der Waals surface area contributed by atoms with Crippen molar-refractivity contribution in [2.45, 2.75) is 12.1 Å². The molecular weight excluding hydrogens is 265 g/mol. The molecule has 0 amide bonds. The van der Waals surface area contributed by atoms with E-state index in [0.717, 1.165) is 4.47 Å². The Morgan fingerprint density at radius 3 is 2.93 bits per heavy atom. The van der Waals surface area contributed by atoms with E-state index in [1.807, 2.05) is 0 Å². The van der Waals surface area contributed by atoms with Crippen molar-refractivity contribution in [1.29, 1.82) is 0 Å². The van der Waals surface area contributed by atoms with Gasteiger partial charge < -0.3 is 15.2 Å². The van der Waals surface area contributed by atoms with E-state index in [-0.39, 0.29) is 11.9 Å². The molecule has 0 bridgehead atoms. The molecule has 1 heterocycles. The summed E-state index contributed by atoms with van der Waals surface area (Å²) < 4.78 is 19.2. The van der Waals surface area contributed by atoms with Crippen LogP contribution in [0.3, 0.4) is 0 Å². The van der Waals surface area contributed by atoms with Crippen molar-refractivity contribution in [3.63, 3.8) is 0 Å². The fourth-order valence-corrected chi connectivity index (χ4v) is 1.85. The van der Waals surface area contributed by atoms with E-state index in [4.69, 9.17) is 4.74 Å². The fraction of sp³-hybridized carbons (Fsp3) is 0.400. The third-order valence-corrected chi connectivity index (χ3v) is 2.81. The number of ether oxygens (including phenoxy) is 1. The van der Waals surface area contributed by atoms with Crippen LogP contribution in [0.4, 0.5) is 10.1 Å². The van der Waals surface area contributed by atoms with E-state index < -0.39 is 6.10 Å². The predicted molar refractivity (Wildman–Crippen MR) is 58.3 cm³/mol. The summed E-state index contributed by atoms with van der Waals surface area (Å²) in [6, 6.07) is 4.39. The standard InChI is InChI=1S/C10H11BrFNO2/c11-6-1-2-7(12)8(3-6)13-9-4-15-5-10(9)14/h1-3,9-10,13-14H,4-5H2. The molecule has 2 atom stereocenters. The average molecular weight is 276 g/mol. The van der Waals surface area contributed by atoms with Gasteiger partial charge in [-0.3, -0.25) is 0 Å². The number of hydrogen-bond donors (Lipinski definition) is 2. The monoisotopic (exact) mass is 275 g/mol. The molecule has 0 radical (unpaired) electrons. The van der Waals surface area contributed by atoms with Crippen molar-refractivity contribution in [2.75, 3.05) is 18.5 Å². The number of hydrogen-bond acceptors (Lipinski definition) is 3. The summed E-state index contributed by atoms with van der Waals surface area (Å²) >= 11 is 3.26. The van der Waals surface area contributed by atoms with Gasteiger partial charge in [0.2, 0.25) is 0 Å². The first kappa shape index (κ1) is 10.9. The first-order valence-electron chi connectivity index (χ1n) is 4.64. The summed E-state index contributed by atoms with van der Waals surface area (Å²) in [4.78, 5) is 0. The Kier molecular flexibility index (Phi) is 3.23. The zero-order valence-corrected chi connectivity index (χ0v) is 9.50. The second-order valence-electron chi connectivity index (χ2n) is 3.48. The van der Waals surface area contributed by atoms with Crippen LogP contribution >= 0.6 is 15.9 Å². The molecule has 2 unspecified atom stereocenters. The number of nitrogens with one attached hydrogen (secondary N) is 1. The van der Waals surface area contributed by atoms with Crippen LogP contribution < -0.4 is 5.32 Å². The quantitative estimate of drug-likeness (QED) is 0.864. The molecule has 1 aromatic rings. The SMILES string of the molecule is OC1COCC1Nc1cc(Br)ccc1F. The van der Waals surface area contributed by atoms with Gasteiger partial charge in [-0.1, -0.05) is 15.9 Å². The number of aliphatic hydroxyl groups excluding tert-OH is 1. The van der Waals surface area contributed by atoms with Crippen molar-refractivity contribution < 1.29 is 14.2 Å². The van der Waals surface area contributed by atoms with Gasteiger partial charge in [-0.25, -0.2) is 4.39 Å². The molecule has 1 aliphatic heterocycles. The van der Waals surface area contributed by atoms with Crippen LogP contribution in [-0.2, 0) is 4.74 Å². The lowest BCUT2D eigenvalue weighted by Crippen LogP contribution is -2.32. The van der Waals surface area contributed by atoms with Gasteiger partial charge in [0.1, 0.15) is 5.82 Å². The first-order chi connectivity index (χ1) is 7.16. The Morgan fingerprint density at radius 2 is 2.27 bits per heavy atom. The zero-order chi connectivity index (χ0) is 10.8. The number of anilines is 1. The van der Waals surface area contributed by atoms with Gasteiger partial charge in [-0.15, -0.1) is 0 Å². The summed E-state index contributed by atoms with van der Waals surface area (Å²) in [7, 11) is 0. The number of halogens is 2. The minimum absolute atomic E-state index is 0.242. The smallest absolute Gasteiger partial charge is 0.146 e. The Labute approximate surface area is 95.4 Å². The minimum atomic E-state index is -0.580. The lowest BCUT2D eigenvalue weighted by molar-refractivity contribution is 0.125. The molecule has 0 aromatic heterocycles. The third-order valence-electron chi connectivity index (χ3n) is 2.32. The second-order valence-corrected chi connectivity index (χ2v) is 4.40. The molecule has 1 aromatic carbocycles. The summed E-state index contributed by atoms with van der Waals surface area (Å²) in [6.07, 6.45) is -0.580. The molecule has 0 spiro atoms. The Morgan fingerprint density at radius 1 is 1.47 bits per heavy atom. The molecular formula is C10H11BrFNO2. The predicted octanol–water partition coefficient (Wildman–Crippen LogP) is 1.76. The molecule has 1 aliphatic rings. The van der Waals surface area contributed by atoms with E-state index in [1.165, 1.54) is 6.07 Å². The lowest BCUT2D eigenvalue weighted by Gasteiger charge is -2.16. The molecule has 15 heavy (non-hydrogen) atoms. The van der Waals surface area contributed by atoms with Crippen molar-refractivity contribution in [3.05, 3.63) is 28.5 Å². The maximum Gasteiger partial charge on any atom is 0.146 e. The van der Waals surface area contributed by atoms with Crippen molar-refractivity contribution >= 4 is 21.6 Å².